The average Bonchev–Trinajstić information content (AvgIpc) is 2.27. The van der Waals surface area contributed by atoms with Gasteiger partial charge in [0.05, 0.1) is 0 Å². The Morgan fingerprint density at radius 3 is 2.59 bits per heavy atom. The molecule has 0 aliphatic rings. The van der Waals surface area contributed by atoms with Crippen molar-refractivity contribution in [2.24, 2.45) is 11.1 Å². The lowest BCUT2D eigenvalue weighted by Crippen LogP contribution is -2.35. The van der Waals surface area contributed by atoms with Crippen molar-refractivity contribution in [1.29, 1.82) is 0 Å². The summed E-state index contributed by atoms with van der Waals surface area (Å²) in [7, 11) is 0. The van der Waals surface area contributed by atoms with Gasteiger partial charge in [0.1, 0.15) is 0 Å². The van der Waals surface area contributed by atoms with Gasteiger partial charge in [-0.25, -0.2) is 0 Å². The van der Waals surface area contributed by atoms with Gasteiger partial charge in [0.2, 0.25) is 0 Å². The Balaban J connectivity index is 2.59. The fourth-order valence-electron chi connectivity index (χ4n) is 1.72. The highest BCUT2D eigenvalue weighted by molar-refractivity contribution is 5.95. The zero-order chi connectivity index (χ0) is 12.9. The zero-order valence-corrected chi connectivity index (χ0v) is 10.9. The highest BCUT2D eigenvalue weighted by Gasteiger charge is 2.18. The van der Waals surface area contributed by atoms with Gasteiger partial charge in [-0.15, -0.1) is 0 Å². The number of benzene rings is 1. The minimum atomic E-state index is -0.00630. The average molecular weight is 234 g/mol. The number of hydrogen-bond acceptors (Lipinski definition) is 2. The minimum absolute atomic E-state index is 0.00630. The van der Waals surface area contributed by atoms with Crippen LogP contribution in [0.3, 0.4) is 0 Å². The first-order chi connectivity index (χ1) is 7.96. The molecule has 0 aromatic heterocycles. The summed E-state index contributed by atoms with van der Waals surface area (Å²) in [6.45, 7) is 7.46. The van der Waals surface area contributed by atoms with Crippen molar-refractivity contribution < 1.29 is 4.79 Å². The number of nitrogens with two attached hydrogens (primary N) is 1. The summed E-state index contributed by atoms with van der Waals surface area (Å²) < 4.78 is 0. The predicted molar refractivity (Wildman–Crippen MR) is 71.0 cm³/mol. The van der Waals surface area contributed by atoms with Gasteiger partial charge in [-0.2, -0.15) is 0 Å². The van der Waals surface area contributed by atoms with Crippen LogP contribution in [0.15, 0.2) is 24.3 Å². The van der Waals surface area contributed by atoms with E-state index in [1.165, 1.54) is 0 Å². The molecular weight excluding hydrogens is 212 g/mol. The van der Waals surface area contributed by atoms with Crippen LogP contribution in [0.4, 0.5) is 0 Å². The summed E-state index contributed by atoms with van der Waals surface area (Å²) in [5, 5.41) is 2.97. The number of nitrogens with one attached hydrogen (secondary N) is 1. The van der Waals surface area contributed by atoms with Crippen molar-refractivity contribution in [1.82, 2.24) is 5.32 Å². The Kier molecular flexibility index (Phi) is 4.70. The van der Waals surface area contributed by atoms with Crippen LogP contribution in [-0.2, 0) is 0 Å². The highest BCUT2D eigenvalue weighted by Crippen LogP contribution is 2.18. The normalized spacial score (nSPS) is 11.3. The van der Waals surface area contributed by atoms with Crippen molar-refractivity contribution in [2.75, 3.05) is 13.1 Å². The quantitative estimate of drug-likeness (QED) is 0.819. The highest BCUT2D eigenvalue weighted by atomic mass is 16.1. The van der Waals surface area contributed by atoms with Crippen LogP contribution >= 0.6 is 0 Å². The van der Waals surface area contributed by atoms with Gasteiger partial charge >= 0.3 is 0 Å². The van der Waals surface area contributed by atoms with Gasteiger partial charge in [-0.05, 0) is 36.9 Å². The maximum absolute atomic E-state index is 12.0. The van der Waals surface area contributed by atoms with Crippen LogP contribution in [0.2, 0.25) is 0 Å². The second-order valence-corrected chi connectivity index (χ2v) is 5.20. The number of carbonyl (C=O) groups is 1. The van der Waals surface area contributed by atoms with E-state index in [2.05, 4.69) is 19.2 Å². The van der Waals surface area contributed by atoms with E-state index in [0.717, 1.165) is 17.5 Å². The van der Waals surface area contributed by atoms with Crippen molar-refractivity contribution >= 4 is 5.91 Å². The third kappa shape index (κ3) is 4.19. The molecule has 1 amide bonds. The molecule has 0 aliphatic carbocycles. The fraction of sp³-hybridized carbons (Fsp3) is 0.500. The van der Waals surface area contributed by atoms with Crippen LogP contribution in [-0.4, -0.2) is 19.0 Å². The van der Waals surface area contributed by atoms with E-state index in [0.29, 0.717) is 13.1 Å². The molecule has 0 spiro atoms. The Morgan fingerprint density at radius 1 is 1.35 bits per heavy atom. The van der Waals surface area contributed by atoms with E-state index in [4.69, 9.17) is 5.73 Å². The minimum Gasteiger partial charge on any atom is -0.351 e. The third-order valence-corrected chi connectivity index (χ3v) is 2.94. The molecule has 0 radical (unpaired) electrons. The van der Waals surface area contributed by atoms with Crippen molar-refractivity contribution in [3.05, 3.63) is 35.4 Å². The summed E-state index contributed by atoms with van der Waals surface area (Å²) >= 11 is 0. The van der Waals surface area contributed by atoms with Gasteiger partial charge in [0, 0.05) is 12.1 Å². The lowest BCUT2D eigenvalue weighted by atomic mass is 9.89. The molecule has 1 rings (SSSR count). The first-order valence-corrected chi connectivity index (χ1v) is 6.00. The molecule has 0 atom stereocenters. The number of carbonyl (C=O) groups excluding carboxylic acids is 1. The van der Waals surface area contributed by atoms with E-state index in [1.807, 2.05) is 31.2 Å². The maximum Gasteiger partial charge on any atom is 0.251 e. The lowest BCUT2D eigenvalue weighted by molar-refractivity contribution is 0.0934. The SMILES string of the molecule is Cc1ccccc1C(=O)NCC(C)(C)CCN. The predicted octanol–water partition coefficient (Wildman–Crippen LogP) is 2.10. The Bertz CT molecular complexity index is 386. The van der Waals surface area contributed by atoms with Crippen molar-refractivity contribution in [3.8, 4) is 0 Å². The summed E-state index contributed by atoms with van der Waals surface area (Å²) in [6.07, 6.45) is 0.904. The van der Waals surface area contributed by atoms with Crippen molar-refractivity contribution in [3.63, 3.8) is 0 Å². The molecule has 3 N–H and O–H groups in total. The van der Waals surface area contributed by atoms with Crippen LogP contribution in [0.25, 0.3) is 0 Å². The second-order valence-electron chi connectivity index (χ2n) is 5.20. The van der Waals surface area contributed by atoms with Gasteiger partial charge in [-0.3, -0.25) is 4.79 Å². The molecule has 0 fully saturated rings. The molecule has 94 valence electrons. The molecule has 0 heterocycles. The van der Waals surface area contributed by atoms with E-state index in [1.54, 1.807) is 0 Å². The molecule has 1 aromatic carbocycles. The fourth-order valence-corrected chi connectivity index (χ4v) is 1.72. The lowest BCUT2D eigenvalue weighted by Gasteiger charge is -2.24. The van der Waals surface area contributed by atoms with E-state index in [-0.39, 0.29) is 11.3 Å². The van der Waals surface area contributed by atoms with E-state index >= 15 is 0 Å². The first-order valence-electron chi connectivity index (χ1n) is 6.00. The van der Waals surface area contributed by atoms with E-state index < -0.39 is 0 Å². The van der Waals surface area contributed by atoms with Crippen LogP contribution in [0.1, 0.15) is 36.2 Å². The first kappa shape index (κ1) is 13.7. The number of hydrogen-bond donors (Lipinski definition) is 2. The Morgan fingerprint density at radius 2 is 2.00 bits per heavy atom. The molecule has 0 unspecified atom stereocenters. The number of amides is 1. The smallest absolute Gasteiger partial charge is 0.251 e. The molecule has 0 aliphatic heterocycles. The number of rotatable bonds is 5. The van der Waals surface area contributed by atoms with Gasteiger partial charge < -0.3 is 11.1 Å². The molecule has 0 bridgehead atoms. The van der Waals surface area contributed by atoms with Gasteiger partial charge in [-0.1, -0.05) is 32.0 Å². The summed E-state index contributed by atoms with van der Waals surface area (Å²) in [6, 6.07) is 7.61. The molecule has 1 aromatic rings. The molecule has 3 nitrogen and oxygen atoms in total. The number of aryl methyl sites for hydroxylation is 1. The summed E-state index contributed by atoms with van der Waals surface area (Å²) in [5.74, 6) is -0.00630. The maximum atomic E-state index is 12.0. The monoisotopic (exact) mass is 234 g/mol. The molecule has 3 heteroatoms. The van der Waals surface area contributed by atoms with Crippen LogP contribution in [0.5, 0.6) is 0 Å². The Labute approximate surface area is 103 Å². The molecule has 17 heavy (non-hydrogen) atoms. The second kappa shape index (κ2) is 5.82. The largest absolute Gasteiger partial charge is 0.351 e. The van der Waals surface area contributed by atoms with Crippen LogP contribution < -0.4 is 11.1 Å². The summed E-state index contributed by atoms with van der Waals surface area (Å²) in [5.41, 5.74) is 7.34. The Hall–Kier alpha value is -1.35. The molecule has 0 saturated heterocycles. The summed E-state index contributed by atoms with van der Waals surface area (Å²) in [4.78, 5) is 12.0. The van der Waals surface area contributed by atoms with Crippen molar-refractivity contribution in [2.45, 2.75) is 27.2 Å². The van der Waals surface area contributed by atoms with E-state index in [9.17, 15) is 4.79 Å². The molecular formula is C14H22N2O. The standard InChI is InChI=1S/C14H22N2O/c1-11-6-4-5-7-12(11)13(17)16-10-14(2,3)8-9-15/h4-7H,8-10,15H2,1-3H3,(H,16,17). The third-order valence-electron chi connectivity index (χ3n) is 2.94. The zero-order valence-electron chi connectivity index (χ0n) is 10.9. The van der Waals surface area contributed by atoms with Gasteiger partial charge in [0.25, 0.3) is 5.91 Å². The molecule has 0 saturated carbocycles. The topological polar surface area (TPSA) is 55.1 Å². The van der Waals surface area contributed by atoms with Crippen LogP contribution in [0, 0.1) is 12.3 Å². The van der Waals surface area contributed by atoms with Gasteiger partial charge in [0.15, 0.2) is 0 Å².